The van der Waals surface area contributed by atoms with E-state index in [1.54, 1.807) is 6.07 Å². The molecule has 0 saturated heterocycles. The van der Waals surface area contributed by atoms with Crippen LogP contribution in [0.4, 0.5) is 0 Å². The van der Waals surface area contributed by atoms with E-state index in [4.69, 9.17) is 0 Å². The summed E-state index contributed by atoms with van der Waals surface area (Å²) in [5.74, 6) is -0.541. The van der Waals surface area contributed by atoms with Gasteiger partial charge in [-0.1, -0.05) is 6.07 Å². The number of fused-ring (bicyclic) bond motifs is 1. The zero-order valence-corrected chi connectivity index (χ0v) is 9.03. The first-order valence-electron chi connectivity index (χ1n) is 4.84. The number of aromatic amines is 1. The summed E-state index contributed by atoms with van der Waals surface area (Å²) in [6, 6.07) is 6.67. The minimum absolute atomic E-state index is 0.172. The van der Waals surface area contributed by atoms with Crippen LogP contribution in [-0.4, -0.2) is 18.1 Å². The van der Waals surface area contributed by atoms with Gasteiger partial charge in [0, 0.05) is 11.5 Å². The maximum atomic E-state index is 11.7. The summed E-state index contributed by atoms with van der Waals surface area (Å²) < 4.78 is 4.56. The molecular formula is C12H11NO3. The quantitative estimate of drug-likeness (QED) is 0.738. The van der Waals surface area contributed by atoms with Crippen LogP contribution in [0.5, 0.6) is 0 Å². The van der Waals surface area contributed by atoms with Crippen molar-refractivity contribution in [1.29, 1.82) is 0 Å². The van der Waals surface area contributed by atoms with E-state index in [9.17, 15) is 9.59 Å². The monoisotopic (exact) mass is 217 g/mol. The molecule has 1 N–H and O–H groups in total. The van der Waals surface area contributed by atoms with E-state index in [1.807, 2.05) is 19.1 Å². The van der Waals surface area contributed by atoms with E-state index in [2.05, 4.69) is 9.72 Å². The maximum Gasteiger partial charge on any atom is 0.354 e. The van der Waals surface area contributed by atoms with Crippen molar-refractivity contribution in [3.8, 4) is 0 Å². The molecule has 0 amide bonds. The second-order valence-corrected chi connectivity index (χ2v) is 3.59. The van der Waals surface area contributed by atoms with E-state index in [-0.39, 0.29) is 11.1 Å². The minimum atomic E-state index is -0.541. The summed E-state index contributed by atoms with van der Waals surface area (Å²) in [7, 11) is 1.28. The van der Waals surface area contributed by atoms with Gasteiger partial charge in [0.05, 0.1) is 12.6 Å². The van der Waals surface area contributed by atoms with Crippen molar-refractivity contribution in [2.75, 3.05) is 7.11 Å². The zero-order chi connectivity index (χ0) is 11.7. The summed E-state index contributed by atoms with van der Waals surface area (Å²) in [4.78, 5) is 25.9. The normalized spacial score (nSPS) is 10.4. The van der Waals surface area contributed by atoms with Crippen LogP contribution >= 0.6 is 0 Å². The first-order chi connectivity index (χ1) is 7.61. The number of hydrogen-bond acceptors (Lipinski definition) is 3. The van der Waals surface area contributed by atoms with Crippen LogP contribution in [0.25, 0.3) is 10.9 Å². The molecule has 0 atom stereocenters. The van der Waals surface area contributed by atoms with Crippen molar-refractivity contribution in [3.63, 3.8) is 0 Å². The van der Waals surface area contributed by atoms with Crippen molar-refractivity contribution >= 4 is 16.9 Å². The molecule has 16 heavy (non-hydrogen) atoms. The van der Waals surface area contributed by atoms with Gasteiger partial charge in [-0.15, -0.1) is 0 Å². The number of hydrogen-bond donors (Lipinski definition) is 1. The summed E-state index contributed by atoms with van der Waals surface area (Å²) in [5.41, 5.74) is 1.65. The van der Waals surface area contributed by atoms with Crippen LogP contribution in [0.1, 0.15) is 16.1 Å². The highest BCUT2D eigenvalue weighted by Gasteiger charge is 2.09. The first kappa shape index (κ1) is 10.4. The maximum absolute atomic E-state index is 11.7. The molecule has 0 aliphatic carbocycles. The highest BCUT2D eigenvalue weighted by molar-refractivity contribution is 5.90. The predicted octanol–water partition coefficient (Wildman–Crippen LogP) is 1.62. The molecule has 4 nitrogen and oxygen atoms in total. The molecule has 1 aromatic heterocycles. The van der Waals surface area contributed by atoms with Crippen LogP contribution in [0.15, 0.2) is 29.1 Å². The molecule has 0 aliphatic rings. The Morgan fingerprint density at radius 1 is 1.31 bits per heavy atom. The van der Waals surface area contributed by atoms with Gasteiger partial charge in [0.15, 0.2) is 5.43 Å². The lowest BCUT2D eigenvalue weighted by molar-refractivity contribution is 0.0594. The average molecular weight is 217 g/mol. The van der Waals surface area contributed by atoms with Gasteiger partial charge in [0.2, 0.25) is 0 Å². The molecule has 0 bridgehead atoms. The van der Waals surface area contributed by atoms with Crippen molar-refractivity contribution < 1.29 is 9.53 Å². The van der Waals surface area contributed by atoms with Crippen LogP contribution in [0, 0.1) is 6.92 Å². The van der Waals surface area contributed by atoms with E-state index in [1.165, 1.54) is 13.2 Å². The molecule has 0 radical (unpaired) electrons. The fraction of sp³-hybridized carbons (Fsp3) is 0.167. The fourth-order valence-electron chi connectivity index (χ4n) is 1.59. The number of ether oxygens (including phenoxy) is 1. The summed E-state index contributed by atoms with van der Waals surface area (Å²) in [6.07, 6.45) is 0. The van der Waals surface area contributed by atoms with Crippen LogP contribution in [-0.2, 0) is 4.74 Å². The summed E-state index contributed by atoms with van der Waals surface area (Å²) in [5, 5.41) is 0.568. The molecule has 4 heteroatoms. The number of nitrogens with one attached hydrogen (secondary N) is 1. The van der Waals surface area contributed by atoms with Crippen LogP contribution in [0.3, 0.4) is 0 Å². The second-order valence-electron chi connectivity index (χ2n) is 3.59. The predicted molar refractivity (Wildman–Crippen MR) is 60.6 cm³/mol. The number of esters is 1. The van der Waals surface area contributed by atoms with E-state index in [0.717, 1.165) is 5.56 Å². The van der Waals surface area contributed by atoms with Gasteiger partial charge in [-0.2, -0.15) is 0 Å². The van der Waals surface area contributed by atoms with Gasteiger partial charge in [0.1, 0.15) is 5.69 Å². The second kappa shape index (κ2) is 3.81. The number of pyridine rings is 1. The van der Waals surface area contributed by atoms with Gasteiger partial charge < -0.3 is 9.72 Å². The van der Waals surface area contributed by atoms with E-state index >= 15 is 0 Å². The van der Waals surface area contributed by atoms with Gasteiger partial charge >= 0.3 is 5.97 Å². The largest absolute Gasteiger partial charge is 0.464 e. The van der Waals surface area contributed by atoms with Crippen molar-refractivity contribution in [2.45, 2.75) is 6.92 Å². The van der Waals surface area contributed by atoms with E-state index < -0.39 is 5.97 Å². The number of benzene rings is 1. The molecule has 1 heterocycles. The third-order valence-electron chi connectivity index (χ3n) is 2.39. The number of aromatic nitrogens is 1. The Bertz CT molecular complexity index is 613. The van der Waals surface area contributed by atoms with E-state index in [0.29, 0.717) is 10.9 Å². The molecule has 0 spiro atoms. The molecule has 0 unspecified atom stereocenters. The molecular weight excluding hydrogens is 206 g/mol. The molecule has 82 valence electrons. The number of methoxy groups -OCH3 is 1. The van der Waals surface area contributed by atoms with Crippen LogP contribution in [0.2, 0.25) is 0 Å². The van der Waals surface area contributed by atoms with Gasteiger partial charge in [-0.05, 0) is 24.6 Å². The molecule has 2 aromatic rings. The van der Waals surface area contributed by atoms with Crippen molar-refractivity contribution in [2.24, 2.45) is 0 Å². The number of rotatable bonds is 1. The van der Waals surface area contributed by atoms with Crippen molar-refractivity contribution in [3.05, 3.63) is 45.7 Å². The lowest BCUT2D eigenvalue weighted by Gasteiger charge is -2.03. The Labute approximate surface area is 91.9 Å². The first-order valence-corrected chi connectivity index (χ1v) is 4.84. The Hall–Kier alpha value is -2.10. The number of carbonyl (C=O) groups is 1. The number of H-pyrrole nitrogens is 1. The number of carbonyl (C=O) groups excluding carboxylic acids is 1. The van der Waals surface area contributed by atoms with Gasteiger partial charge in [-0.3, -0.25) is 4.79 Å². The summed E-state index contributed by atoms with van der Waals surface area (Å²) in [6.45, 7) is 1.92. The molecule has 1 aromatic carbocycles. The van der Waals surface area contributed by atoms with Gasteiger partial charge in [-0.25, -0.2) is 4.79 Å². The Morgan fingerprint density at radius 3 is 2.75 bits per heavy atom. The third-order valence-corrected chi connectivity index (χ3v) is 2.39. The molecule has 2 rings (SSSR count). The summed E-state index contributed by atoms with van der Waals surface area (Å²) >= 11 is 0. The Balaban J connectivity index is 2.75. The standard InChI is InChI=1S/C12H11NO3/c1-7-3-4-8-9(5-7)13-10(6-11(8)14)12(15)16-2/h3-6H,1-2H3,(H,13,14). The van der Waals surface area contributed by atoms with Crippen molar-refractivity contribution in [1.82, 2.24) is 4.98 Å². The highest BCUT2D eigenvalue weighted by Crippen LogP contribution is 2.10. The molecule has 0 fully saturated rings. The lowest BCUT2D eigenvalue weighted by atomic mass is 10.1. The number of aryl methyl sites for hydroxylation is 1. The smallest absolute Gasteiger partial charge is 0.354 e. The topological polar surface area (TPSA) is 59.2 Å². The SMILES string of the molecule is COC(=O)c1cc(=O)c2ccc(C)cc2[nH]1. The Kier molecular flexibility index (Phi) is 2.48. The minimum Gasteiger partial charge on any atom is -0.464 e. The Morgan fingerprint density at radius 2 is 2.06 bits per heavy atom. The molecule has 0 saturated carbocycles. The fourth-order valence-corrected chi connectivity index (χ4v) is 1.59. The third kappa shape index (κ3) is 1.69. The average Bonchev–Trinajstić information content (AvgIpc) is 2.27. The van der Waals surface area contributed by atoms with Gasteiger partial charge in [0.25, 0.3) is 0 Å². The van der Waals surface area contributed by atoms with Crippen LogP contribution < -0.4 is 5.43 Å². The highest BCUT2D eigenvalue weighted by atomic mass is 16.5. The molecule has 0 aliphatic heterocycles. The lowest BCUT2D eigenvalue weighted by Crippen LogP contribution is -2.11. The zero-order valence-electron chi connectivity index (χ0n) is 9.03.